The molecule has 1 aliphatic rings. The van der Waals surface area contributed by atoms with E-state index in [1.807, 2.05) is 18.2 Å². The summed E-state index contributed by atoms with van der Waals surface area (Å²) in [5, 5.41) is 4.10. The van der Waals surface area contributed by atoms with Crippen molar-refractivity contribution >= 4 is 17.3 Å². The first-order chi connectivity index (χ1) is 9.08. The molecule has 1 atom stereocenters. The minimum absolute atomic E-state index is 0.0467. The molecule has 98 valence electrons. The lowest BCUT2D eigenvalue weighted by atomic mass is 9.94. The molecule has 2 aromatic rings. The van der Waals surface area contributed by atoms with Gasteiger partial charge in [-0.3, -0.25) is 4.98 Å². The van der Waals surface area contributed by atoms with Gasteiger partial charge in [-0.15, -0.1) is 0 Å². The number of pyridine rings is 1. The molecule has 0 saturated carbocycles. The molecule has 2 heterocycles. The molecule has 3 rings (SSSR count). The molecule has 3 nitrogen and oxygen atoms in total. The van der Waals surface area contributed by atoms with Crippen molar-refractivity contribution in [3.8, 4) is 5.75 Å². The number of anilines is 1. The van der Waals surface area contributed by atoms with Crippen molar-refractivity contribution in [1.82, 2.24) is 4.98 Å². The van der Waals surface area contributed by atoms with Crippen LogP contribution in [0.3, 0.4) is 0 Å². The smallest absolute Gasteiger partial charge is 0.128 e. The van der Waals surface area contributed by atoms with Crippen molar-refractivity contribution in [2.24, 2.45) is 0 Å². The largest absolute Gasteiger partial charge is 0.485 e. The highest BCUT2D eigenvalue weighted by Crippen LogP contribution is 2.44. The maximum absolute atomic E-state index is 6.18. The quantitative estimate of drug-likeness (QED) is 0.897. The molecule has 0 bridgehead atoms. The Labute approximate surface area is 117 Å². The van der Waals surface area contributed by atoms with Crippen LogP contribution in [0, 0.1) is 0 Å². The molecule has 0 amide bonds. The molecule has 0 fully saturated rings. The lowest BCUT2D eigenvalue weighted by molar-refractivity contribution is 0.118. The Balaban J connectivity index is 1.98. The summed E-state index contributed by atoms with van der Waals surface area (Å²) in [6.07, 6.45) is 3.41. The van der Waals surface area contributed by atoms with Crippen LogP contribution < -0.4 is 10.1 Å². The predicted molar refractivity (Wildman–Crippen MR) is 76.8 cm³/mol. The summed E-state index contributed by atoms with van der Waals surface area (Å²) in [5.74, 6) is 0.921. The second-order valence-corrected chi connectivity index (χ2v) is 5.58. The number of fused-ring (bicyclic) bond motifs is 1. The average Bonchev–Trinajstić information content (AvgIpc) is 2.63. The lowest BCUT2D eigenvalue weighted by Gasteiger charge is -2.28. The molecule has 0 radical (unpaired) electrons. The Kier molecular flexibility index (Phi) is 2.86. The van der Waals surface area contributed by atoms with Gasteiger partial charge in [-0.2, -0.15) is 0 Å². The highest BCUT2D eigenvalue weighted by atomic mass is 35.5. The molecule has 1 N–H and O–H groups in total. The van der Waals surface area contributed by atoms with Gasteiger partial charge in [-0.05, 0) is 26.0 Å². The van der Waals surface area contributed by atoms with E-state index in [0.717, 1.165) is 17.0 Å². The van der Waals surface area contributed by atoms with Crippen LogP contribution in [0.5, 0.6) is 5.75 Å². The number of hydrogen-bond donors (Lipinski definition) is 1. The summed E-state index contributed by atoms with van der Waals surface area (Å²) in [7, 11) is 0. The summed E-state index contributed by atoms with van der Waals surface area (Å²) in [5.41, 5.74) is 1.64. The van der Waals surface area contributed by atoms with Gasteiger partial charge in [0.2, 0.25) is 0 Å². The Morgan fingerprint density at radius 3 is 2.84 bits per heavy atom. The van der Waals surface area contributed by atoms with Crippen LogP contribution in [0.4, 0.5) is 5.69 Å². The predicted octanol–water partition coefficient (Wildman–Crippen LogP) is 4.06. The summed E-state index contributed by atoms with van der Waals surface area (Å²) in [6.45, 7) is 4.13. The third kappa shape index (κ3) is 2.15. The van der Waals surface area contributed by atoms with Crippen LogP contribution in [0.25, 0.3) is 0 Å². The van der Waals surface area contributed by atoms with Crippen molar-refractivity contribution < 1.29 is 4.74 Å². The van der Waals surface area contributed by atoms with Gasteiger partial charge in [-0.1, -0.05) is 29.8 Å². The van der Waals surface area contributed by atoms with E-state index in [0.29, 0.717) is 5.02 Å². The normalized spacial score (nSPS) is 19.6. The highest BCUT2D eigenvalue weighted by molar-refractivity contribution is 6.33. The average molecular weight is 275 g/mol. The van der Waals surface area contributed by atoms with Crippen LogP contribution in [0.2, 0.25) is 5.02 Å². The number of halogens is 1. The van der Waals surface area contributed by atoms with Crippen LogP contribution in [0.1, 0.15) is 25.5 Å². The maximum atomic E-state index is 6.18. The zero-order valence-corrected chi connectivity index (χ0v) is 11.6. The minimum atomic E-state index is -0.330. The Morgan fingerprint density at radius 2 is 2.05 bits per heavy atom. The van der Waals surface area contributed by atoms with E-state index < -0.39 is 0 Å². The van der Waals surface area contributed by atoms with Crippen LogP contribution in [0.15, 0.2) is 42.7 Å². The van der Waals surface area contributed by atoms with Gasteiger partial charge in [-0.25, -0.2) is 0 Å². The SMILES string of the molecule is CC1(C)Oc2ccccc2C1Nc1cnccc1Cl. The van der Waals surface area contributed by atoms with E-state index in [2.05, 4.69) is 30.2 Å². The number of rotatable bonds is 2. The van der Waals surface area contributed by atoms with Crippen molar-refractivity contribution in [2.75, 3.05) is 5.32 Å². The van der Waals surface area contributed by atoms with Crippen molar-refractivity contribution in [2.45, 2.75) is 25.5 Å². The molecule has 0 spiro atoms. The zero-order chi connectivity index (χ0) is 13.5. The van der Waals surface area contributed by atoms with Crippen molar-refractivity contribution in [3.05, 3.63) is 53.3 Å². The second-order valence-electron chi connectivity index (χ2n) is 5.18. The first-order valence-electron chi connectivity index (χ1n) is 6.22. The topological polar surface area (TPSA) is 34.1 Å². The monoisotopic (exact) mass is 274 g/mol. The van der Waals surface area contributed by atoms with Gasteiger partial charge in [0, 0.05) is 11.8 Å². The third-order valence-corrected chi connectivity index (χ3v) is 3.70. The number of benzene rings is 1. The summed E-state index contributed by atoms with van der Waals surface area (Å²) in [6, 6.07) is 9.89. The fraction of sp³-hybridized carbons (Fsp3) is 0.267. The number of para-hydroxylation sites is 1. The van der Waals surface area contributed by atoms with Crippen molar-refractivity contribution in [1.29, 1.82) is 0 Å². The third-order valence-electron chi connectivity index (χ3n) is 3.37. The summed E-state index contributed by atoms with van der Waals surface area (Å²) in [4.78, 5) is 4.10. The fourth-order valence-corrected chi connectivity index (χ4v) is 2.58. The number of hydrogen-bond acceptors (Lipinski definition) is 3. The molecule has 4 heteroatoms. The standard InChI is InChI=1S/C15H15ClN2O/c1-15(2)14(10-5-3-4-6-13(10)19-15)18-12-9-17-8-7-11(12)16/h3-9,14,18H,1-2H3. The van der Waals surface area contributed by atoms with Crippen LogP contribution in [-0.2, 0) is 0 Å². The van der Waals surface area contributed by atoms with Gasteiger partial charge in [0.15, 0.2) is 0 Å². The maximum Gasteiger partial charge on any atom is 0.128 e. The minimum Gasteiger partial charge on any atom is -0.485 e. The van der Waals surface area contributed by atoms with Gasteiger partial charge in [0.05, 0.1) is 22.9 Å². The number of nitrogens with one attached hydrogen (secondary N) is 1. The fourth-order valence-electron chi connectivity index (χ4n) is 2.42. The van der Waals surface area contributed by atoms with E-state index in [1.165, 1.54) is 0 Å². The second kappa shape index (κ2) is 4.42. The number of aromatic nitrogens is 1. The molecule has 1 aromatic carbocycles. The Morgan fingerprint density at radius 1 is 1.26 bits per heavy atom. The Hall–Kier alpha value is -1.74. The molecule has 1 aromatic heterocycles. The molecule has 0 aliphatic carbocycles. The van der Waals surface area contributed by atoms with Gasteiger partial charge in [0.25, 0.3) is 0 Å². The van der Waals surface area contributed by atoms with Gasteiger partial charge >= 0.3 is 0 Å². The van der Waals surface area contributed by atoms with Gasteiger partial charge in [0.1, 0.15) is 11.4 Å². The van der Waals surface area contributed by atoms with Crippen LogP contribution >= 0.6 is 11.6 Å². The molecular formula is C15H15ClN2O. The van der Waals surface area contributed by atoms with E-state index in [9.17, 15) is 0 Å². The lowest BCUT2D eigenvalue weighted by Crippen LogP contribution is -2.34. The number of ether oxygens (including phenoxy) is 1. The molecule has 0 saturated heterocycles. The highest BCUT2D eigenvalue weighted by Gasteiger charge is 2.41. The van der Waals surface area contributed by atoms with E-state index in [4.69, 9.17) is 16.3 Å². The first-order valence-corrected chi connectivity index (χ1v) is 6.60. The van der Waals surface area contributed by atoms with Crippen LogP contribution in [-0.4, -0.2) is 10.6 Å². The summed E-state index contributed by atoms with van der Waals surface area (Å²) < 4.78 is 5.99. The molecule has 1 unspecified atom stereocenters. The van der Waals surface area contributed by atoms with E-state index in [-0.39, 0.29) is 11.6 Å². The summed E-state index contributed by atoms with van der Waals surface area (Å²) >= 11 is 6.18. The van der Waals surface area contributed by atoms with E-state index >= 15 is 0 Å². The molecule has 1 aliphatic heterocycles. The van der Waals surface area contributed by atoms with Crippen molar-refractivity contribution in [3.63, 3.8) is 0 Å². The zero-order valence-electron chi connectivity index (χ0n) is 10.9. The van der Waals surface area contributed by atoms with Gasteiger partial charge < -0.3 is 10.1 Å². The number of nitrogens with zero attached hydrogens (tertiary/aromatic N) is 1. The van der Waals surface area contributed by atoms with E-state index in [1.54, 1.807) is 18.5 Å². The first kappa shape index (κ1) is 12.3. The molecular weight excluding hydrogens is 260 g/mol. The molecule has 19 heavy (non-hydrogen) atoms. The Bertz CT molecular complexity index is 613.